The maximum absolute atomic E-state index is 12.9. The van der Waals surface area contributed by atoms with Gasteiger partial charge in [-0.1, -0.05) is 24.6 Å². The molecule has 0 heterocycles. The molecule has 0 aliphatic rings. The molecule has 0 bridgehead atoms. The Hall–Kier alpha value is -2.21. The number of benzene rings is 2. The van der Waals surface area contributed by atoms with Gasteiger partial charge in [-0.05, 0) is 43.3 Å². The van der Waals surface area contributed by atoms with Crippen molar-refractivity contribution >= 4 is 21.4 Å². The van der Waals surface area contributed by atoms with Crippen molar-refractivity contribution in [2.45, 2.75) is 18.7 Å². The number of aryl methyl sites for hydroxylation is 1. The smallest absolute Gasteiger partial charge is 0.228 e. The predicted molar refractivity (Wildman–Crippen MR) is 87.4 cm³/mol. The number of carbonyl (C=O) groups is 1. The van der Waals surface area contributed by atoms with Crippen molar-refractivity contribution in [3.63, 3.8) is 0 Å². The molecule has 0 saturated heterocycles. The Morgan fingerprint density at radius 2 is 1.65 bits per heavy atom. The second-order valence-electron chi connectivity index (χ2n) is 5.49. The standard InChI is InChI=1S/C17H18FNO3S/c1-12-3-7-15(8-4-12)19-17(20)13(2)11-23(21,22)16-9-5-14(18)6-10-16/h3-10,13H,11H2,1-2H3,(H,19,20). The summed E-state index contributed by atoms with van der Waals surface area (Å²) in [7, 11) is -3.65. The summed E-state index contributed by atoms with van der Waals surface area (Å²) in [6.45, 7) is 3.48. The molecule has 2 aromatic carbocycles. The lowest BCUT2D eigenvalue weighted by molar-refractivity contribution is -0.118. The van der Waals surface area contributed by atoms with Crippen LogP contribution >= 0.6 is 0 Å². The van der Waals surface area contributed by atoms with E-state index in [1.54, 1.807) is 19.1 Å². The normalized spacial score (nSPS) is 12.7. The Morgan fingerprint density at radius 1 is 1.09 bits per heavy atom. The molecule has 1 N–H and O–H groups in total. The topological polar surface area (TPSA) is 63.2 Å². The molecule has 0 aliphatic heterocycles. The zero-order valence-corrected chi connectivity index (χ0v) is 13.7. The van der Waals surface area contributed by atoms with Gasteiger partial charge >= 0.3 is 0 Å². The van der Waals surface area contributed by atoms with Crippen LogP contribution in [0.4, 0.5) is 10.1 Å². The highest BCUT2D eigenvalue weighted by molar-refractivity contribution is 7.91. The van der Waals surface area contributed by atoms with Gasteiger partial charge in [0.1, 0.15) is 5.82 Å². The summed E-state index contributed by atoms with van der Waals surface area (Å²) in [4.78, 5) is 12.1. The molecule has 2 aromatic rings. The van der Waals surface area contributed by atoms with E-state index in [1.807, 2.05) is 19.1 Å². The van der Waals surface area contributed by atoms with Crippen LogP contribution in [0.5, 0.6) is 0 Å². The largest absolute Gasteiger partial charge is 0.326 e. The summed E-state index contributed by atoms with van der Waals surface area (Å²) in [5.41, 5.74) is 1.68. The van der Waals surface area contributed by atoms with Gasteiger partial charge in [-0.2, -0.15) is 0 Å². The molecule has 0 aliphatic carbocycles. The quantitative estimate of drug-likeness (QED) is 0.854. The van der Waals surface area contributed by atoms with E-state index in [2.05, 4.69) is 5.32 Å². The average Bonchev–Trinajstić information content (AvgIpc) is 2.49. The van der Waals surface area contributed by atoms with Crippen LogP contribution in [0, 0.1) is 18.7 Å². The summed E-state index contributed by atoms with van der Waals surface area (Å²) in [5.74, 6) is -1.95. The SMILES string of the molecule is Cc1ccc(NC(=O)C(C)CS(=O)(=O)c2ccc(F)cc2)cc1. The van der Waals surface area contributed by atoms with Crippen molar-refractivity contribution in [3.05, 3.63) is 59.9 Å². The van der Waals surface area contributed by atoms with Crippen LogP contribution in [0.25, 0.3) is 0 Å². The minimum atomic E-state index is -3.65. The van der Waals surface area contributed by atoms with Crippen molar-refractivity contribution in [3.8, 4) is 0 Å². The van der Waals surface area contributed by atoms with Crippen LogP contribution in [-0.4, -0.2) is 20.1 Å². The Morgan fingerprint density at radius 3 is 2.22 bits per heavy atom. The Labute approximate surface area is 135 Å². The first-order chi connectivity index (χ1) is 10.8. The Bertz CT molecular complexity index is 784. The number of carbonyl (C=O) groups excluding carboxylic acids is 1. The average molecular weight is 335 g/mol. The van der Waals surface area contributed by atoms with Gasteiger partial charge in [-0.25, -0.2) is 12.8 Å². The molecule has 0 spiro atoms. The van der Waals surface area contributed by atoms with Crippen molar-refractivity contribution in [2.24, 2.45) is 5.92 Å². The van der Waals surface area contributed by atoms with E-state index in [1.165, 1.54) is 12.1 Å². The third-order valence-corrected chi connectivity index (χ3v) is 5.34. The summed E-state index contributed by atoms with van der Waals surface area (Å²) in [6, 6.07) is 11.8. The van der Waals surface area contributed by atoms with Crippen molar-refractivity contribution in [1.82, 2.24) is 0 Å². The summed E-state index contributed by atoms with van der Waals surface area (Å²) >= 11 is 0. The molecule has 1 unspecified atom stereocenters. The highest BCUT2D eigenvalue weighted by atomic mass is 32.2. The van der Waals surface area contributed by atoms with Gasteiger partial charge in [-0.3, -0.25) is 4.79 Å². The van der Waals surface area contributed by atoms with Gasteiger partial charge in [0.05, 0.1) is 10.6 Å². The Kier molecular flexibility index (Phi) is 5.15. The molecule has 0 radical (unpaired) electrons. The third kappa shape index (κ3) is 4.63. The molecule has 2 rings (SSSR count). The number of hydrogen-bond donors (Lipinski definition) is 1. The molecule has 122 valence electrons. The predicted octanol–water partition coefficient (Wildman–Crippen LogP) is 3.18. The minimum Gasteiger partial charge on any atom is -0.326 e. The first kappa shape index (κ1) is 17.1. The number of rotatable bonds is 5. The van der Waals surface area contributed by atoms with E-state index in [9.17, 15) is 17.6 Å². The van der Waals surface area contributed by atoms with Gasteiger partial charge in [0.2, 0.25) is 5.91 Å². The van der Waals surface area contributed by atoms with E-state index in [4.69, 9.17) is 0 Å². The van der Waals surface area contributed by atoms with Crippen molar-refractivity contribution < 1.29 is 17.6 Å². The molecule has 4 nitrogen and oxygen atoms in total. The van der Waals surface area contributed by atoms with E-state index in [0.717, 1.165) is 17.7 Å². The molecule has 23 heavy (non-hydrogen) atoms. The molecule has 1 atom stereocenters. The number of halogens is 1. The van der Waals surface area contributed by atoms with Gasteiger partial charge in [0.25, 0.3) is 0 Å². The van der Waals surface area contributed by atoms with Crippen LogP contribution in [0.1, 0.15) is 12.5 Å². The first-order valence-electron chi connectivity index (χ1n) is 7.14. The summed E-state index contributed by atoms with van der Waals surface area (Å²) < 4.78 is 37.4. The molecule has 0 saturated carbocycles. The fraction of sp³-hybridized carbons (Fsp3) is 0.235. The zero-order valence-electron chi connectivity index (χ0n) is 12.9. The number of hydrogen-bond acceptors (Lipinski definition) is 3. The number of sulfone groups is 1. The lowest BCUT2D eigenvalue weighted by Gasteiger charge is -2.13. The molecule has 0 aromatic heterocycles. The molecular formula is C17H18FNO3S. The highest BCUT2D eigenvalue weighted by Gasteiger charge is 2.23. The second-order valence-corrected chi connectivity index (χ2v) is 7.53. The second kappa shape index (κ2) is 6.91. The lowest BCUT2D eigenvalue weighted by Crippen LogP contribution is -2.27. The maximum atomic E-state index is 12.9. The van der Waals surface area contributed by atoms with Crippen molar-refractivity contribution in [1.29, 1.82) is 0 Å². The van der Waals surface area contributed by atoms with Crippen LogP contribution < -0.4 is 5.32 Å². The highest BCUT2D eigenvalue weighted by Crippen LogP contribution is 2.16. The number of amides is 1. The monoisotopic (exact) mass is 335 g/mol. The number of nitrogens with one attached hydrogen (secondary N) is 1. The van der Waals surface area contributed by atoms with Crippen LogP contribution in [0.2, 0.25) is 0 Å². The fourth-order valence-corrected chi connectivity index (χ4v) is 3.60. The molecule has 1 amide bonds. The third-order valence-electron chi connectivity index (χ3n) is 3.41. The van der Waals surface area contributed by atoms with E-state index in [-0.39, 0.29) is 16.6 Å². The fourth-order valence-electron chi connectivity index (χ4n) is 2.05. The first-order valence-corrected chi connectivity index (χ1v) is 8.79. The van der Waals surface area contributed by atoms with Crippen LogP contribution in [0.3, 0.4) is 0 Å². The summed E-state index contributed by atoms with van der Waals surface area (Å²) in [5, 5.41) is 2.69. The minimum absolute atomic E-state index is 0.00823. The van der Waals surface area contributed by atoms with E-state index >= 15 is 0 Å². The van der Waals surface area contributed by atoms with Gasteiger partial charge in [0.15, 0.2) is 9.84 Å². The van der Waals surface area contributed by atoms with Gasteiger partial charge < -0.3 is 5.32 Å². The van der Waals surface area contributed by atoms with Crippen molar-refractivity contribution in [2.75, 3.05) is 11.1 Å². The zero-order chi connectivity index (χ0) is 17.0. The molecular weight excluding hydrogens is 317 g/mol. The van der Waals surface area contributed by atoms with Gasteiger partial charge in [-0.15, -0.1) is 0 Å². The Balaban J connectivity index is 2.05. The lowest BCUT2D eigenvalue weighted by atomic mass is 10.2. The van der Waals surface area contributed by atoms with E-state index in [0.29, 0.717) is 5.69 Å². The van der Waals surface area contributed by atoms with Crippen LogP contribution in [0.15, 0.2) is 53.4 Å². The van der Waals surface area contributed by atoms with E-state index < -0.39 is 21.6 Å². The van der Waals surface area contributed by atoms with Gasteiger partial charge in [0, 0.05) is 11.6 Å². The maximum Gasteiger partial charge on any atom is 0.228 e. The number of anilines is 1. The molecule has 0 fully saturated rings. The molecule has 6 heteroatoms. The summed E-state index contributed by atoms with van der Waals surface area (Å²) in [6.07, 6.45) is 0. The van der Waals surface area contributed by atoms with Crippen LogP contribution in [-0.2, 0) is 14.6 Å².